The zero-order chi connectivity index (χ0) is 19.8. The van der Waals surface area contributed by atoms with Crippen LogP contribution in [0.4, 0.5) is 5.69 Å². The molecule has 0 aliphatic carbocycles. The Labute approximate surface area is 167 Å². The van der Waals surface area contributed by atoms with Crippen LogP contribution in [0.5, 0.6) is 5.75 Å². The van der Waals surface area contributed by atoms with E-state index in [9.17, 15) is 0 Å². The molecule has 1 aliphatic rings. The van der Waals surface area contributed by atoms with E-state index in [1.165, 1.54) is 0 Å². The Morgan fingerprint density at radius 3 is 2.46 bits per heavy atom. The van der Waals surface area contributed by atoms with Gasteiger partial charge in [-0.15, -0.1) is 0 Å². The quantitative estimate of drug-likeness (QED) is 0.641. The number of ether oxygens (including phenoxy) is 1. The van der Waals surface area contributed by atoms with Gasteiger partial charge in [0.25, 0.3) is 0 Å². The monoisotopic (exact) mass is 377 g/mol. The van der Waals surface area contributed by atoms with Crippen molar-refractivity contribution in [3.63, 3.8) is 0 Å². The Hall–Kier alpha value is -3.20. The number of methoxy groups -OCH3 is 1. The topological polar surface area (TPSA) is 63.9 Å². The van der Waals surface area contributed by atoms with E-state index < -0.39 is 0 Å². The normalized spacial score (nSPS) is 14.5. The molecule has 0 unspecified atom stereocenters. The minimum absolute atomic E-state index is 0.598. The van der Waals surface area contributed by atoms with Crippen LogP contribution < -0.4 is 15.0 Å². The summed E-state index contributed by atoms with van der Waals surface area (Å²) in [4.78, 5) is 9.46. The van der Waals surface area contributed by atoms with E-state index in [-0.39, 0.29) is 0 Å². The van der Waals surface area contributed by atoms with Crippen molar-refractivity contribution in [2.24, 2.45) is 4.99 Å². The van der Waals surface area contributed by atoms with Gasteiger partial charge in [-0.2, -0.15) is 5.26 Å². The molecule has 6 heteroatoms. The molecule has 1 N–H and O–H groups in total. The maximum absolute atomic E-state index is 8.92. The Morgan fingerprint density at radius 1 is 1.11 bits per heavy atom. The second-order valence-corrected chi connectivity index (χ2v) is 6.62. The summed E-state index contributed by atoms with van der Waals surface area (Å²) in [5, 5.41) is 12.3. The van der Waals surface area contributed by atoms with Crippen molar-refractivity contribution in [1.29, 1.82) is 5.26 Å². The summed E-state index contributed by atoms with van der Waals surface area (Å²) in [6, 6.07) is 17.9. The van der Waals surface area contributed by atoms with Crippen LogP contribution in [0.15, 0.2) is 53.5 Å². The molecule has 1 aliphatic heterocycles. The van der Waals surface area contributed by atoms with Crippen LogP contribution in [-0.2, 0) is 6.54 Å². The van der Waals surface area contributed by atoms with Crippen molar-refractivity contribution in [2.45, 2.75) is 13.5 Å². The van der Waals surface area contributed by atoms with Gasteiger partial charge in [-0.05, 0) is 36.8 Å². The van der Waals surface area contributed by atoms with E-state index in [0.29, 0.717) is 12.1 Å². The van der Waals surface area contributed by atoms with Crippen LogP contribution >= 0.6 is 0 Å². The molecule has 0 bridgehead atoms. The molecule has 1 fully saturated rings. The third-order valence-electron chi connectivity index (χ3n) is 4.83. The minimum atomic E-state index is 0.598. The first-order valence-corrected chi connectivity index (χ1v) is 9.65. The van der Waals surface area contributed by atoms with E-state index in [4.69, 9.17) is 15.0 Å². The maximum Gasteiger partial charge on any atom is 0.194 e. The number of hydrogen-bond acceptors (Lipinski definition) is 4. The summed E-state index contributed by atoms with van der Waals surface area (Å²) in [7, 11) is 1.72. The first kappa shape index (κ1) is 19.6. The van der Waals surface area contributed by atoms with Gasteiger partial charge in [0.15, 0.2) is 5.96 Å². The van der Waals surface area contributed by atoms with Gasteiger partial charge in [0.05, 0.1) is 31.0 Å². The minimum Gasteiger partial charge on any atom is -0.495 e. The Balaban J connectivity index is 1.64. The molecule has 146 valence electrons. The predicted octanol–water partition coefficient (Wildman–Crippen LogP) is 2.85. The highest BCUT2D eigenvalue weighted by atomic mass is 16.5. The third kappa shape index (κ3) is 4.74. The van der Waals surface area contributed by atoms with Crippen LogP contribution in [0.3, 0.4) is 0 Å². The first-order valence-electron chi connectivity index (χ1n) is 9.65. The molecule has 2 aromatic carbocycles. The summed E-state index contributed by atoms with van der Waals surface area (Å²) in [6.07, 6.45) is 0. The maximum atomic E-state index is 8.92. The number of guanidine groups is 1. The molecular formula is C22H27N5O. The lowest BCUT2D eigenvalue weighted by Crippen LogP contribution is -2.52. The fourth-order valence-electron chi connectivity index (χ4n) is 3.33. The number of nitriles is 1. The number of anilines is 1. The first-order chi connectivity index (χ1) is 13.7. The Kier molecular flexibility index (Phi) is 6.74. The summed E-state index contributed by atoms with van der Waals surface area (Å²) in [6.45, 7) is 7.15. The highest BCUT2D eigenvalue weighted by molar-refractivity contribution is 5.80. The third-order valence-corrected chi connectivity index (χ3v) is 4.83. The van der Waals surface area contributed by atoms with Crippen LogP contribution in [-0.4, -0.2) is 50.7 Å². The lowest BCUT2D eigenvalue weighted by Gasteiger charge is -2.38. The van der Waals surface area contributed by atoms with Crippen molar-refractivity contribution in [3.05, 3.63) is 59.7 Å². The summed E-state index contributed by atoms with van der Waals surface area (Å²) in [5.74, 6) is 1.85. The van der Waals surface area contributed by atoms with Crippen LogP contribution in [0.1, 0.15) is 18.1 Å². The molecule has 0 amide bonds. The molecular weight excluding hydrogens is 350 g/mol. The second kappa shape index (κ2) is 9.65. The number of piperazine rings is 1. The number of benzene rings is 2. The zero-order valence-corrected chi connectivity index (χ0v) is 16.6. The van der Waals surface area contributed by atoms with Gasteiger partial charge in [-0.25, -0.2) is 4.99 Å². The molecule has 0 saturated carbocycles. The van der Waals surface area contributed by atoms with Gasteiger partial charge >= 0.3 is 0 Å². The smallest absolute Gasteiger partial charge is 0.194 e. The Bertz CT molecular complexity index is 833. The van der Waals surface area contributed by atoms with Crippen LogP contribution in [0, 0.1) is 11.3 Å². The molecule has 0 radical (unpaired) electrons. The number of nitrogens with one attached hydrogen (secondary N) is 1. The summed E-state index contributed by atoms with van der Waals surface area (Å²) >= 11 is 0. The van der Waals surface area contributed by atoms with Crippen molar-refractivity contribution in [2.75, 3.05) is 44.7 Å². The fraction of sp³-hybridized carbons (Fsp3) is 0.364. The van der Waals surface area contributed by atoms with E-state index in [0.717, 1.165) is 55.7 Å². The number of rotatable bonds is 5. The zero-order valence-electron chi connectivity index (χ0n) is 16.6. The predicted molar refractivity (Wildman–Crippen MR) is 113 cm³/mol. The summed E-state index contributed by atoms with van der Waals surface area (Å²) in [5.41, 5.74) is 2.92. The van der Waals surface area contributed by atoms with Gasteiger partial charge in [0.2, 0.25) is 0 Å². The lowest BCUT2D eigenvalue weighted by molar-refractivity contribution is 0.367. The van der Waals surface area contributed by atoms with Crippen molar-refractivity contribution < 1.29 is 4.74 Å². The average Bonchev–Trinajstić information content (AvgIpc) is 2.77. The molecule has 2 aromatic rings. The largest absolute Gasteiger partial charge is 0.495 e. The van der Waals surface area contributed by atoms with Gasteiger partial charge in [0, 0.05) is 32.7 Å². The molecule has 0 aromatic heterocycles. The molecule has 0 spiro atoms. The lowest BCUT2D eigenvalue weighted by atomic mass is 10.1. The van der Waals surface area contributed by atoms with E-state index in [1.54, 1.807) is 7.11 Å². The number of aliphatic imine (C=N–C) groups is 1. The van der Waals surface area contributed by atoms with Gasteiger partial charge in [-0.1, -0.05) is 24.3 Å². The summed E-state index contributed by atoms with van der Waals surface area (Å²) < 4.78 is 5.50. The highest BCUT2D eigenvalue weighted by Crippen LogP contribution is 2.28. The van der Waals surface area contributed by atoms with E-state index >= 15 is 0 Å². The van der Waals surface area contributed by atoms with Crippen molar-refractivity contribution >= 4 is 11.6 Å². The van der Waals surface area contributed by atoms with Crippen LogP contribution in [0.25, 0.3) is 0 Å². The molecule has 28 heavy (non-hydrogen) atoms. The van der Waals surface area contributed by atoms with E-state index in [1.807, 2.05) is 42.5 Å². The standard InChI is InChI=1S/C22H27N5O/c1-3-24-22(25-17-19-10-8-18(16-23)9-11-19)27-14-12-26(13-15-27)20-6-4-5-7-21(20)28-2/h4-11H,3,12-15,17H2,1-2H3,(H,24,25). The van der Waals surface area contributed by atoms with Gasteiger partial charge in [0.1, 0.15) is 5.75 Å². The second-order valence-electron chi connectivity index (χ2n) is 6.62. The van der Waals surface area contributed by atoms with Crippen LogP contribution in [0.2, 0.25) is 0 Å². The average molecular weight is 377 g/mol. The van der Waals surface area contributed by atoms with Crippen molar-refractivity contribution in [3.8, 4) is 11.8 Å². The number of nitrogens with zero attached hydrogens (tertiary/aromatic N) is 4. The van der Waals surface area contributed by atoms with Gasteiger partial charge in [-0.3, -0.25) is 0 Å². The molecule has 0 atom stereocenters. The highest BCUT2D eigenvalue weighted by Gasteiger charge is 2.21. The van der Waals surface area contributed by atoms with Gasteiger partial charge < -0.3 is 19.9 Å². The fourth-order valence-corrected chi connectivity index (χ4v) is 3.33. The molecule has 3 rings (SSSR count). The molecule has 1 saturated heterocycles. The van der Waals surface area contributed by atoms with Crippen molar-refractivity contribution in [1.82, 2.24) is 10.2 Å². The number of para-hydroxylation sites is 2. The SMILES string of the molecule is CCNC(=NCc1ccc(C#N)cc1)N1CCN(c2ccccc2OC)CC1. The number of hydrogen-bond donors (Lipinski definition) is 1. The van der Waals surface area contributed by atoms with E-state index in [2.05, 4.69) is 34.2 Å². The molecule has 6 nitrogen and oxygen atoms in total. The molecule has 1 heterocycles. The Morgan fingerprint density at radius 2 is 1.82 bits per heavy atom.